The number of allylic oxidation sites excluding steroid dienone is 1. The number of amides is 1. The van der Waals surface area contributed by atoms with Crippen molar-refractivity contribution in [3.63, 3.8) is 0 Å². The Labute approximate surface area is 172 Å². The van der Waals surface area contributed by atoms with Crippen molar-refractivity contribution in [3.8, 4) is 5.75 Å². The first-order valence-corrected chi connectivity index (χ1v) is 10.1. The van der Waals surface area contributed by atoms with E-state index in [1.165, 1.54) is 13.2 Å². The lowest BCUT2D eigenvalue weighted by Crippen LogP contribution is -2.55. The van der Waals surface area contributed by atoms with Gasteiger partial charge in [-0.05, 0) is 63.5 Å². The number of hydrogen-bond acceptors (Lipinski definition) is 6. The molecule has 1 amide bonds. The standard InChI is InChI=1S/C22H30N2O5/c1-22(2,3)29-21(26)24-9-8-17(24)14-28-18-10-16(12-23-13-18)19-11-15(19)6-5-7-20(25)27-4/h5,7,10,12-13,15,17,19H,6,8-9,11,14H2,1-4H3/b7-5+/t15-,17-,19-/m0/s1. The summed E-state index contributed by atoms with van der Waals surface area (Å²) >= 11 is 0. The number of carbonyl (C=O) groups is 2. The van der Waals surface area contributed by atoms with Crippen molar-refractivity contribution >= 4 is 12.1 Å². The van der Waals surface area contributed by atoms with Crippen LogP contribution in [0.2, 0.25) is 0 Å². The zero-order chi connectivity index (χ0) is 21.0. The minimum absolute atomic E-state index is 0.0330. The highest BCUT2D eigenvalue weighted by atomic mass is 16.6. The van der Waals surface area contributed by atoms with E-state index in [1.54, 1.807) is 11.1 Å². The number of esters is 1. The molecule has 1 aliphatic carbocycles. The van der Waals surface area contributed by atoms with E-state index >= 15 is 0 Å². The van der Waals surface area contributed by atoms with Crippen LogP contribution in [-0.2, 0) is 14.3 Å². The van der Waals surface area contributed by atoms with Crippen LogP contribution < -0.4 is 4.74 Å². The maximum Gasteiger partial charge on any atom is 0.410 e. The van der Waals surface area contributed by atoms with Crippen molar-refractivity contribution in [2.45, 2.75) is 57.6 Å². The second-order valence-corrected chi connectivity index (χ2v) is 8.64. The minimum atomic E-state index is -0.497. The van der Waals surface area contributed by atoms with Gasteiger partial charge < -0.3 is 19.1 Å². The first-order valence-electron chi connectivity index (χ1n) is 10.1. The molecule has 29 heavy (non-hydrogen) atoms. The third-order valence-corrected chi connectivity index (χ3v) is 5.19. The molecule has 7 nitrogen and oxygen atoms in total. The molecule has 1 aliphatic heterocycles. The number of pyridine rings is 1. The van der Waals surface area contributed by atoms with E-state index in [0.29, 0.717) is 30.7 Å². The lowest BCUT2D eigenvalue weighted by Gasteiger charge is -2.40. The van der Waals surface area contributed by atoms with Gasteiger partial charge in [-0.2, -0.15) is 0 Å². The molecule has 1 aromatic rings. The van der Waals surface area contributed by atoms with Gasteiger partial charge in [0.15, 0.2) is 0 Å². The van der Waals surface area contributed by atoms with E-state index < -0.39 is 5.60 Å². The van der Waals surface area contributed by atoms with Gasteiger partial charge >= 0.3 is 12.1 Å². The molecule has 0 aromatic carbocycles. The normalized spacial score (nSPS) is 23.4. The number of rotatable bonds is 7. The van der Waals surface area contributed by atoms with E-state index in [2.05, 4.69) is 9.72 Å². The summed E-state index contributed by atoms with van der Waals surface area (Å²) in [6.07, 6.45) is 9.46. The van der Waals surface area contributed by atoms with Gasteiger partial charge in [0.25, 0.3) is 0 Å². The number of aromatic nitrogens is 1. The second kappa shape index (κ2) is 8.84. The SMILES string of the molecule is COC(=O)/C=C/C[C@H]1C[C@@H]1c1cncc(OC[C@@H]2CCN2C(=O)OC(C)(C)C)c1. The molecular weight excluding hydrogens is 372 g/mol. The summed E-state index contributed by atoms with van der Waals surface area (Å²) in [5, 5.41) is 0. The van der Waals surface area contributed by atoms with Crippen LogP contribution in [0.3, 0.4) is 0 Å². The number of nitrogens with zero attached hydrogens (tertiary/aromatic N) is 2. The molecule has 0 spiro atoms. The number of carbonyl (C=O) groups excluding carboxylic acids is 2. The summed E-state index contributed by atoms with van der Waals surface area (Å²) < 4.78 is 15.9. The van der Waals surface area contributed by atoms with Crippen LogP contribution in [0.25, 0.3) is 0 Å². The predicted molar refractivity (Wildman–Crippen MR) is 108 cm³/mol. The number of hydrogen-bond donors (Lipinski definition) is 0. The molecule has 3 atom stereocenters. The quantitative estimate of drug-likeness (QED) is 0.511. The second-order valence-electron chi connectivity index (χ2n) is 8.64. The summed E-state index contributed by atoms with van der Waals surface area (Å²) in [6.45, 7) is 6.72. The van der Waals surface area contributed by atoms with Gasteiger partial charge in [-0.15, -0.1) is 0 Å². The first-order chi connectivity index (χ1) is 13.8. The molecule has 1 saturated heterocycles. The van der Waals surface area contributed by atoms with Crippen molar-refractivity contribution < 1.29 is 23.8 Å². The lowest BCUT2D eigenvalue weighted by molar-refractivity contribution is -0.134. The fourth-order valence-electron chi connectivity index (χ4n) is 3.41. The van der Waals surface area contributed by atoms with Gasteiger partial charge in [0.05, 0.1) is 19.3 Å². The molecule has 2 fully saturated rings. The highest BCUT2D eigenvalue weighted by Gasteiger charge is 2.38. The number of ether oxygens (including phenoxy) is 3. The summed E-state index contributed by atoms with van der Waals surface area (Å²) in [7, 11) is 1.38. The lowest BCUT2D eigenvalue weighted by atomic mass is 10.1. The topological polar surface area (TPSA) is 78.0 Å². The molecule has 3 rings (SSSR count). The van der Waals surface area contributed by atoms with Gasteiger partial charge in [-0.1, -0.05) is 6.08 Å². The molecule has 1 saturated carbocycles. The maximum absolute atomic E-state index is 12.2. The van der Waals surface area contributed by atoms with E-state index in [1.807, 2.05) is 39.1 Å². The van der Waals surface area contributed by atoms with E-state index in [4.69, 9.17) is 9.47 Å². The zero-order valence-electron chi connectivity index (χ0n) is 17.6. The highest BCUT2D eigenvalue weighted by Crippen LogP contribution is 2.50. The van der Waals surface area contributed by atoms with Crippen LogP contribution in [0.5, 0.6) is 5.75 Å². The Bertz CT molecular complexity index is 771. The van der Waals surface area contributed by atoms with E-state index in [0.717, 1.165) is 24.8 Å². The molecule has 0 radical (unpaired) electrons. The van der Waals surface area contributed by atoms with Crippen LogP contribution in [-0.4, -0.2) is 53.9 Å². The van der Waals surface area contributed by atoms with Crippen molar-refractivity contribution in [1.29, 1.82) is 0 Å². The average Bonchev–Trinajstić information content (AvgIpc) is 3.39. The Kier molecular flexibility index (Phi) is 6.45. The summed E-state index contributed by atoms with van der Waals surface area (Å²) in [5.74, 6) is 1.35. The number of likely N-dealkylation sites (tertiary alicyclic amines) is 1. The minimum Gasteiger partial charge on any atom is -0.490 e. The smallest absolute Gasteiger partial charge is 0.410 e. The Hall–Kier alpha value is -2.57. The van der Waals surface area contributed by atoms with Gasteiger partial charge in [-0.25, -0.2) is 9.59 Å². The molecular formula is C22H30N2O5. The summed E-state index contributed by atoms with van der Waals surface area (Å²) in [4.78, 5) is 29.4. The van der Waals surface area contributed by atoms with Crippen LogP contribution in [0.15, 0.2) is 30.6 Å². The molecule has 0 bridgehead atoms. The molecule has 0 N–H and O–H groups in total. The van der Waals surface area contributed by atoms with Crippen molar-refractivity contribution in [1.82, 2.24) is 9.88 Å². The van der Waals surface area contributed by atoms with Crippen molar-refractivity contribution in [2.24, 2.45) is 5.92 Å². The van der Waals surface area contributed by atoms with Crippen LogP contribution in [0.1, 0.15) is 51.5 Å². The van der Waals surface area contributed by atoms with Gasteiger partial charge in [-0.3, -0.25) is 4.98 Å². The molecule has 0 unspecified atom stereocenters. The molecule has 7 heteroatoms. The fourth-order valence-corrected chi connectivity index (χ4v) is 3.41. The highest BCUT2D eigenvalue weighted by molar-refractivity contribution is 5.81. The summed E-state index contributed by atoms with van der Waals surface area (Å²) in [5.41, 5.74) is 0.653. The van der Waals surface area contributed by atoms with Crippen LogP contribution in [0, 0.1) is 5.92 Å². The molecule has 2 heterocycles. The van der Waals surface area contributed by atoms with Crippen LogP contribution >= 0.6 is 0 Å². The Morgan fingerprint density at radius 1 is 1.31 bits per heavy atom. The average molecular weight is 402 g/mol. The third kappa shape index (κ3) is 5.95. The van der Waals surface area contributed by atoms with Crippen LogP contribution in [0.4, 0.5) is 4.79 Å². The molecule has 158 valence electrons. The van der Waals surface area contributed by atoms with Gasteiger partial charge in [0.1, 0.15) is 18.0 Å². The molecule has 1 aromatic heterocycles. The largest absolute Gasteiger partial charge is 0.490 e. The fraction of sp³-hybridized carbons (Fsp3) is 0.591. The summed E-state index contributed by atoms with van der Waals surface area (Å²) in [6, 6.07) is 2.06. The Morgan fingerprint density at radius 2 is 2.10 bits per heavy atom. The van der Waals surface area contributed by atoms with Gasteiger partial charge in [0, 0.05) is 18.8 Å². The van der Waals surface area contributed by atoms with Gasteiger partial charge in [0.2, 0.25) is 0 Å². The number of methoxy groups -OCH3 is 1. The van der Waals surface area contributed by atoms with E-state index in [-0.39, 0.29) is 18.1 Å². The first kappa shape index (κ1) is 21.1. The van der Waals surface area contributed by atoms with Crippen molar-refractivity contribution in [2.75, 3.05) is 20.3 Å². The third-order valence-electron chi connectivity index (χ3n) is 5.19. The maximum atomic E-state index is 12.2. The van der Waals surface area contributed by atoms with Crippen molar-refractivity contribution in [3.05, 3.63) is 36.2 Å². The Morgan fingerprint density at radius 3 is 2.76 bits per heavy atom. The Balaban J connectivity index is 1.47. The van der Waals surface area contributed by atoms with E-state index in [9.17, 15) is 9.59 Å². The predicted octanol–water partition coefficient (Wildman–Crippen LogP) is 3.69. The monoisotopic (exact) mass is 402 g/mol. The molecule has 2 aliphatic rings. The zero-order valence-corrected chi connectivity index (χ0v) is 17.6.